The van der Waals surface area contributed by atoms with Crippen LogP contribution >= 0.6 is 0 Å². The van der Waals surface area contributed by atoms with Gasteiger partial charge < -0.3 is 15.0 Å². The third-order valence-corrected chi connectivity index (χ3v) is 3.14. The van der Waals surface area contributed by atoms with Gasteiger partial charge in [-0.2, -0.15) is 0 Å². The predicted octanol–water partition coefficient (Wildman–Crippen LogP) is 1.55. The third kappa shape index (κ3) is 3.23. The molecule has 0 radical (unpaired) electrons. The molecular formula is C14H20N2O2. The summed E-state index contributed by atoms with van der Waals surface area (Å²) in [6.45, 7) is 1.27. The van der Waals surface area contributed by atoms with Crippen molar-refractivity contribution in [3.05, 3.63) is 29.8 Å². The van der Waals surface area contributed by atoms with E-state index in [9.17, 15) is 4.79 Å². The Labute approximate surface area is 108 Å². The van der Waals surface area contributed by atoms with Gasteiger partial charge in [0, 0.05) is 32.9 Å². The lowest BCUT2D eigenvalue weighted by molar-refractivity contribution is -0.130. The topological polar surface area (TPSA) is 41.6 Å². The second-order valence-corrected chi connectivity index (χ2v) is 4.78. The summed E-state index contributed by atoms with van der Waals surface area (Å²) in [5, 5.41) is 2.91. The van der Waals surface area contributed by atoms with Gasteiger partial charge in [-0.05, 0) is 30.5 Å². The van der Waals surface area contributed by atoms with E-state index in [-0.39, 0.29) is 12.0 Å². The van der Waals surface area contributed by atoms with Crippen LogP contribution in [0.1, 0.15) is 18.4 Å². The average molecular weight is 248 g/mol. The van der Waals surface area contributed by atoms with Crippen LogP contribution in [-0.2, 0) is 16.1 Å². The van der Waals surface area contributed by atoms with Crippen molar-refractivity contribution in [2.45, 2.75) is 25.5 Å². The monoisotopic (exact) mass is 248 g/mol. The SMILES string of the molecule is CN(C)c1ccc(CNC(=O)[C@H]2CCCO2)cc1. The van der Waals surface area contributed by atoms with Crippen molar-refractivity contribution in [3.63, 3.8) is 0 Å². The number of anilines is 1. The highest BCUT2D eigenvalue weighted by atomic mass is 16.5. The van der Waals surface area contributed by atoms with Crippen LogP contribution in [0.4, 0.5) is 5.69 Å². The molecular weight excluding hydrogens is 228 g/mol. The van der Waals surface area contributed by atoms with Gasteiger partial charge in [0.1, 0.15) is 6.10 Å². The quantitative estimate of drug-likeness (QED) is 0.879. The summed E-state index contributed by atoms with van der Waals surface area (Å²) in [5.41, 5.74) is 2.26. The average Bonchev–Trinajstić information content (AvgIpc) is 2.90. The Balaban J connectivity index is 1.84. The number of amides is 1. The molecule has 1 heterocycles. The molecule has 1 aromatic rings. The lowest BCUT2D eigenvalue weighted by Crippen LogP contribution is -2.33. The Morgan fingerprint density at radius 2 is 2.11 bits per heavy atom. The first kappa shape index (κ1) is 12.9. The summed E-state index contributed by atoms with van der Waals surface area (Å²) in [5.74, 6) is 0.00388. The van der Waals surface area contributed by atoms with Crippen LogP contribution in [0.15, 0.2) is 24.3 Å². The highest BCUT2D eigenvalue weighted by molar-refractivity contribution is 5.80. The Kier molecular flexibility index (Phi) is 4.20. The van der Waals surface area contributed by atoms with Gasteiger partial charge in [0.25, 0.3) is 0 Å². The van der Waals surface area contributed by atoms with Gasteiger partial charge in [0.2, 0.25) is 5.91 Å². The lowest BCUT2D eigenvalue weighted by atomic mass is 10.2. The molecule has 1 fully saturated rings. The molecule has 18 heavy (non-hydrogen) atoms. The van der Waals surface area contributed by atoms with E-state index in [4.69, 9.17) is 4.74 Å². The molecule has 1 N–H and O–H groups in total. The fourth-order valence-electron chi connectivity index (χ4n) is 2.00. The van der Waals surface area contributed by atoms with Crippen molar-refractivity contribution in [2.75, 3.05) is 25.6 Å². The maximum Gasteiger partial charge on any atom is 0.249 e. The number of carbonyl (C=O) groups is 1. The van der Waals surface area contributed by atoms with E-state index < -0.39 is 0 Å². The minimum atomic E-state index is -0.244. The number of carbonyl (C=O) groups excluding carboxylic acids is 1. The van der Waals surface area contributed by atoms with E-state index in [1.54, 1.807) is 0 Å². The Morgan fingerprint density at radius 3 is 2.67 bits per heavy atom. The predicted molar refractivity (Wildman–Crippen MR) is 71.6 cm³/mol. The van der Waals surface area contributed by atoms with E-state index in [0.29, 0.717) is 13.2 Å². The van der Waals surface area contributed by atoms with E-state index in [2.05, 4.69) is 10.2 Å². The van der Waals surface area contributed by atoms with Crippen molar-refractivity contribution in [1.82, 2.24) is 5.32 Å². The summed E-state index contributed by atoms with van der Waals surface area (Å²) >= 11 is 0. The standard InChI is InChI=1S/C14H20N2O2/c1-16(2)12-7-5-11(6-8-12)10-15-14(17)13-4-3-9-18-13/h5-8,13H,3-4,9-10H2,1-2H3,(H,15,17)/t13-/m1/s1. The molecule has 0 spiro atoms. The number of ether oxygens (including phenoxy) is 1. The first-order valence-corrected chi connectivity index (χ1v) is 6.32. The van der Waals surface area contributed by atoms with E-state index in [1.165, 1.54) is 0 Å². The summed E-state index contributed by atoms with van der Waals surface area (Å²) in [6.07, 6.45) is 1.58. The van der Waals surface area contributed by atoms with E-state index >= 15 is 0 Å². The second-order valence-electron chi connectivity index (χ2n) is 4.78. The fraction of sp³-hybridized carbons (Fsp3) is 0.500. The number of hydrogen-bond donors (Lipinski definition) is 1. The van der Waals surface area contributed by atoms with Gasteiger partial charge in [0.15, 0.2) is 0 Å². The van der Waals surface area contributed by atoms with Crippen LogP contribution in [0.5, 0.6) is 0 Å². The molecule has 0 saturated carbocycles. The minimum Gasteiger partial charge on any atom is -0.378 e. The van der Waals surface area contributed by atoms with Gasteiger partial charge in [-0.25, -0.2) is 0 Å². The van der Waals surface area contributed by atoms with Crippen LogP contribution in [0.3, 0.4) is 0 Å². The molecule has 0 aliphatic carbocycles. The highest BCUT2D eigenvalue weighted by Crippen LogP contribution is 2.14. The number of benzene rings is 1. The molecule has 98 valence electrons. The maximum absolute atomic E-state index is 11.7. The molecule has 0 unspecified atom stereocenters. The van der Waals surface area contributed by atoms with Gasteiger partial charge >= 0.3 is 0 Å². The Morgan fingerprint density at radius 1 is 1.39 bits per heavy atom. The summed E-state index contributed by atoms with van der Waals surface area (Å²) in [4.78, 5) is 13.8. The summed E-state index contributed by atoms with van der Waals surface area (Å²) in [7, 11) is 4.02. The molecule has 1 atom stereocenters. The van der Waals surface area contributed by atoms with Crippen LogP contribution in [0.2, 0.25) is 0 Å². The van der Waals surface area contributed by atoms with Crippen LogP contribution in [0, 0.1) is 0 Å². The molecule has 1 aliphatic rings. The second kappa shape index (κ2) is 5.87. The van der Waals surface area contributed by atoms with Crippen molar-refractivity contribution in [3.8, 4) is 0 Å². The normalized spacial score (nSPS) is 18.7. The zero-order valence-corrected chi connectivity index (χ0v) is 11.0. The van der Waals surface area contributed by atoms with Gasteiger partial charge in [-0.1, -0.05) is 12.1 Å². The van der Waals surface area contributed by atoms with Crippen molar-refractivity contribution in [2.24, 2.45) is 0 Å². The number of hydrogen-bond acceptors (Lipinski definition) is 3. The van der Waals surface area contributed by atoms with Crippen LogP contribution in [0.25, 0.3) is 0 Å². The van der Waals surface area contributed by atoms with E-state index in [1.807, 2.05) is 38.4 Å². The smallest absolute Gasteiger partial charge is 0.249 e. The molecule has 0 bridgehead atoms. The van der Waals surface area contributed by atoms with Gasteiger partial charge in [-0.3, -0.25) is 4.79 Å². The van der Waals surface area contributed by atoms with Crippen LogP contribution in [-0.4, -0.2) is 32.7 Å². The van der Waals surface area contributed by atoms with Crippen molar-refractivity contribution >= 4 is 11.6 Å². The van der Waals surface area contributed by atoms with E-state index in [0.717, 1.165) is 24.1 Å². The number of nitrogens with zero attached hydrogens (tertiary/aromatic N) is 1. The Hall–Kier alpha value is -1.55. The summed E-state index contributed by atoms with van der Waals surface area (Å²) < 4.78 is 5.34. The largest absolute Gasteiger partial charge is 0.378 e. The Bertz CT molecular complexity index is 395. The van der Waals surface area contributed by atoms with Crippen molar-refractivity contribution in [1.29, 1.82) is 0 Å². The van der Waals surface area contributed by atoms with Crippen molar-refractivity contribution < 1.29 is 9.53 Å². The zero-order chi connectivity index (χ0) is 13.0. The molecule has 1 saturated heterocycles. The highest BCUT2D eigenvalue weighted by Gasteiger charge is 2.22. The molecule has 1 aliphatic heterocycles. The first-order chi connectivity index (χ1) is 8.66. The maximum atomic E-state index is 11.7. The fourth-order valence-corrected chi connectivity index (χ4v) is 2.00. The zero-order valence-electron chi connectivity index (χ0n) is 11.0. The molecule has 4 heteroatoms. The minimum absolute atomic E-state index is 0.00388. The molecule has 1 aromatic carbocycles. The number of rotatable bonds is 4. The van der Waals surface area contributed by atoms with Gasteiger partial charge in [0.05, 0.1) is 0 Å². The molecule has 1 amide bonds. The first-order valence-electron chi connectivity index (χ1n) is 6.32. The summed E-state index contributed by atoms with van der Waals surface area (Å²) in [6, 6.07) is 8.16. The third-order valence-electron chi connectivity index (χ3n) is 3.14. The molecule has 2 rings (SSSR count). The molecule has 4 nitrogen and oxygen atoms in total. The molecule has 0 aromatic heterocycles. The van der Waals surface area contributed by atoms with Crippen LogP contribution < -0.4 is 10.2 Å². The van der Waals surface area contributed by atoms with Gasteiger partial charge in [-0.15, -0.1) is 0 Å². The lowest BCUT2D eigenvalue weighted by Gasteiger charge is -2.13. The number of nitrogens with one attached hydrogen (secondary N) is 1.